The predicted octanol–water partition coefficient (Wildman–Crippen LogP) is 2.60. The first-order valence-corrected chi connectivity index (χ1v) is 6.90. The number of aromatic nitrogens is 2. The number of ether oxygens (including phenoxy) is 2. The highest BCUT2D eigenvalue weighted by Crippen LogP contribution is 2.26. The summed E-state index contributed by atoms with van der Waals surface area (Å²) in [6.07, 6.45) is 1.63. The summed E-state index contributed by atoms with van der Waals surface area (Å²) < 4.78 is 11.2. The van der Waals surface area contributed by atoms with Crippen LogP contribution in [0.2, 0.25) is 0 Å². The fraction of sp³-hybridized carbons (Fsp3) is 0.118. The number of fused-ring (bicyclic) bond motifs is 1. The minimum Gasteiger partial charge on any atom is -0.465 e. The van der Waals surface area contributed by atoms with Crippen LogP contribution in [-0.4, -0.2) is 35.9 Å². The molecule has 0 saturated carbocycles. The molecule has 1 heterocycles. The van der Waals surface area contributed by atoms with Crippen LogP contribution >= 0.6 is 0 Å². The van der Waals surface area contributed by atoms with Crippen LogP contribution in [-0.2, 0) is 9.47 Å². The molecule has 0 aliphatic carbocycles. The molecule has 3 rings (SSSR count). The Hall–Kier alpha value is -3.15. The second-order valence-corrected chi connectivity index (χ2v) is 4.80. The van der Waals surface area contributed by atoms with E-state index in [1.54, 1.807) is 16.9 Å². The van der Waals surface area contributed by atoms with Gasteiger partial charge in [-0.15, -0.1) is 0 Å². The van der Waals surface area contributed by atoms with E-state index in [2.05, 4.69) is 5.10 Å². The third-order valence-electron chi connectivity index (χ3n) is 3.53. The van der Waals surface area contributed by atoms with Gasteiger partial charge >= 0.3 is 11.9 Å². The molecule has 0 N–H and O–H groups in total. The summed E-state index contributed by atoms with van der Waals surface area (Å²) in [4.78, 5) is 24.3. The summed E-state index contributed by atoms with van der Waals surface area (Å²) in [5.41, 5.74) is 1.56. The number of esters is 2. The molecule has 2 aromatic carbocycles. The zero-order chi connectivity index (χ0) is 16.4. The molecule has 0 amide bonds. The Balaban J connectivity index is 2.37. The van der Waals surface area contributed by atoms with Crippen LogP contribution in [0.4, 0.5) is 0 Å². The van der Waals surface area contributed by atoms with Gasteiger partial charge in [0, 0.05) is 5.39 Å². The summed E-state index contributed by atoms with van der Waals surface area (Å²) >= 11 is 0. The van der Waals surface area contributed by atoms with Crippen LogP contribution in [0.5, 0.6) is 0 Å². The van der Waals surface area contributed by atoms with Crippen molar-refractivity contribution in [3.8, 4) is 5.69 Å². The van der Waals surface area contributed by atoms with Crippen molar-refractivity contribution < 1.29 is 19.1 Å². The van der Waals surface area contributed by atoms with E-state index in [9.17, 15) is 9.59 Å². The van der Waals surface area contributed by atoms with Crippen LogP contribution < -0.4 is 0 Å². The average molecular weight is 310 g/mol. The largest absolute Gasteiger partial charge is 0.465 e. The minimum absolute atomic E-state index is 0.137. The molecule has 0 atom stereocenters. The van der Waals surface area contributed by atoms with Crippen LogP contribution in [0, 0.1) is 0 Å². The molecule has 0 aliphatic rings. The number of benzene rings is 2. The molecule has 0 aliphatic heterocycles. The zero-order valence-corrected chi connectivity index (χ0v) is 12.6. The van der Waals surface area contributed by atoms with E-state index >= 15 is 0 Å². The van der Waals surface area contributed by atoms with E-state index in [1.165, 1.54) is 20.3 Å². The van der Waals surface area contributed by atoms with Gasteiger partial charge < -0.3 is 9.47 Å². The number of para-hydroxylation sites is 1. The smallest absolute Gasteiger partial charge is 0.340 e. The Bertz CT molecular complexity index is 884. The molecule has 0 radical (unpaired) electrons. The van der Waals surface area contributed by atoms with Crippen LogP contribution in [0.3, 0.4) is 0 Å². The van der Waals surface area contributed by atoms with Gasteiger partial charge in [-0.1, -0.05) is 24.3 Å². The summed E-state index contributed by atoms with van der Waals surface area (Å²) in [6.45, 7) is 0. The van der Waals surface area contributed by atoms with Gasteiger partial charge in [-0.3, -0.25) is 0 Å². The number of hydrogen-bond acceptors (Lipinski definition) is 5. The van der Waals surface area contributed by atoms with Crippen molar-refractivity contribution in [2.75, 3.05) is 14.2 Å². The third kappa shape index (κ3) is 2.44. The lowest BCUT2D eigenvalue weighted by Gasteiger charge is -2.10. The van der Waals surface area contributed by atoms with Crippen molar-refractivity contribution in [1.82, 2.24) is 9.78 Å². The second-order valence-electron chi connectivity index (χ2n) is 4.80. The van der Waals surface area contributed by atoms with Crippen molar-refractivity contribution in [3.63, 3.8) is 0 Å². The van der Waals surface area contributed by atoms with Gasteiger partial charge in [0.2, 0.25) is 0 Å². The minimum atomic E-state index is -0.617. The standard InChI is InChI=1S/C17H14N2O4/c1-22-16(20)13-9-8-11-10-18-19(12-6-4-3-5-7-12)15(11)14(13)17(21)23-2/h3-10H,1-2H3. The maximum absolute atomic E-state index is 12.3. The van der Waals surface area contributed by atoms with Crippen LogP contribution in [0.15, 0.2) is 48.7 Å². The van der Waals surface area contributed by atoms with Crippen molar-refractivity contribution in [3.05, 3.63) is 59.8 Å². The van der Waals surface area contributed by atoms with E-state index in [0.29, 0.717) is 5.52 Å². The Morgan fingerprint density at radius 1 is 0.957 bits per heavy atom. The number of hydrogen-bond donors (Lipinski definition) is 0. The van der Waals surface area contributed by atoms with Gasteiger partial charge in [0.1, 0.15) is 5.56 Å². The van der Waals surface area contributed by atoms with Crippen molar-refractivity contribution >= 4 is 22.8 Å². The first-order chi connectivity index (χ1) is 11.2. The Morgan fingerprint density at radius 3 is 2.30 bits per heavy atom. The number of methoxy groups -OCH3 is 2. The molecule has 1 aromatic heterocycles. The number of rotatable bonds is 3. The molecule has 0 bridgehead atoms. The normalized spacial score (nSPS) is 10.5. The molecule has 6 nitrogen and oxygen atoms in total. The topological polar surface area (TPSA) is 70.4 Å². The molecule has 0 saturated heterocycles. The summed E-state index contributed by atoms with van der Waals surface area (Å²) in [5, 5.41) is 5.05. The molecule has 6 heteroatoms. The molecule has 23 heavy (non-hydrogen) atoms. The molecule has 0 unspecified atom stereocenters. The zero-order valence-electron chi connectivity index (χ0n) is 12.6. The molecule has 0 spiro atoms. The molecular weight excluding hydrogens is 296 g/mol. The van der Waals surface area contributed by atoms with Crippen molar-refractivity contribution in [1.29, 1.82) is 0 Å². The monoisotopic (exact) mass is 310 g/mol. The van der Waals surface area contributed by atoms with Gasteiger partial charge in [0.15, 0.2) is 0 Å². The van der Waals surface area contributed by atoms with E-state index in [1.807, 2.05) is 30.3 Å². The molecule has 116 valence electrons. The van der Waals surface area contributed by atoms with Crippen LogP contribution in [0.25, 0.3) is 16.6 Å². The van der Waals surface area contributed by atoms with E-state index in [0.717, 1.165) is 11.1 Å². The maximum atomic E-state index is 12.3. The van der Waals surface area contributed by atoms with E-state index < -0.39 is 11.9 Å². The average Bonchev–Trinajstić information content (AvgIpc) is 3.04. The lowest BCUT2D eigenvalue weighted by atomic mass is 10.0. The quantitative estimate of drug-likeness (QED) is 0.695. The SMILES string of the molecule is COC(=O)c1ccc2cnn(-c3ccccc3)c2c1C(=O)OC. The van der Waals surface area contributed by atoms with Gasteiger partial charge in [-0.05, 0) is 18.2 Å². The van der Waals surface area contributed by atoms with Gasteiger partial charge in [0.05, 0.1) is 37.2 Å². The second kappa shape index (κ2) is 5.92. The van der Waals surface area contributed by atoms with Crippen LogP contribution in [0.1, 0.15) is 20.7 Å². The maximum Gasteiger partial charge on any atom is 0.340 e. The number of nitrogens with zero attached hydrogens (tertiary/aromatic N) is 2. The highest BCUT2D eigenvalue weighted by atomic mass is 16.5. The summed E-state index contributed by atoms with van der Waals surface area (Å²) in [7, 11) is 2.54. The number of carbonyl (C=O) groups is 2. The first kappa shape index (κ1) is 14.8. The van der Waals surface area contributed by atoms with Gasteiger partial charge in [-0.25, -0.2) is 14.3 Å². The highest BCUT2D eigenvalue weighted by Gasteiger charge is 2.24. The lowest BCUT2D eigenvalue weighted by Crippen LogP contribution is -2.14. The first-order valence-electron chi connectivity index (χ1n) is 6.90. The third-order valence-corrected chi connectivity index (χ3v) is 3.53. The van der Waals surface area contributed by atoms with E-state index in [-0.39, 0.29) is 11.1 Å². The Kier molecular flexibility index (Phi) is 3.80. The highest BCUT2D eigenvalue weighted by molar-refractivity contribution is 6.12. The fourth-order valence-corrected chi connectivity index (χ4v) is 2.47. The summed E-state index contributed by atoms with van der Waals surface area (Å²) in [5.74, 6) is -1.22. The van der Waals surface area contributed by atoms with Crippen molar-refractivity contribution in [2.24, 2.45) is 0 Å². The Morgan fingerprint density at radius 2 is 1.65 bits per heavy atom. The predicted molar refractivity (Wildman–Crippen MR) is 83.7 cm³/mol. The number of carbonyl (C=O) groups excluding carboxylic acids is 2. The fourth-order valence-electron chi connectivity index (χ4n) is 2.47. The Labute approximate surface area is 132 Å². The van der Waals surface area contributed by atoms with Crippen molar-refractivity contribution in [2.45, 2.75) is 0 Å². The van der Waals surface area contributed by atoms with Gasteiger partial charge in [0.25, 0.3) is 0 Å². The molecule has 0 fully saturated rings. The molecular formula is C17H14N2O4. The van der Waals surface area contributed by atoms with E-state index in [4.69, 9.17) is 9.47 Å². The lowest BCUT2D eigenvalue weighted by molar-refractivity contribution is 0.0557. The van der Waals surface area contributed by atoms with Gasteiger partial charge in [-0.2, -0.15) is 5.10 Å². The molecule has 3 aromatic rings. The summed E-state index contributed by atoms with van der Waals surface area (Å²) in [6, 6.07) is 12.6.